The summed E-state index contributed by atoms with van der Waals surface area (Å²) in [5.74, 6) is 0.573. The molecule has 0 saturated carbocycles. The molecule has 2 N–H and O–H groups in total. The number of carbonyl (C=O) groups is 2. The second-order valence-corrected chi connectivity index (χ2v) is 6.59. The van der Waals surface area contributed by atoms with Gasteiger partial charge in [0.15, 0.2) is 5.82 Å². The SMILES string of the molecule is CCOCCCN(CC(=O)Nc1cc(C)on1)C(=O)Nc1ccc(C)cc1C. The summed E-state index contributed by atoms with van der Waals surface area (Å²) in [5, 5.41) is 9.26. The molecule has 1 aromatic carbocycles. The van der Waals surface area contributed by atoms with E-state index in [9.17, 15) is 9.59 Å². The Morgan fingerprint density at radius 3 is 2.61 bits per heavy atom. The Labute approximate surface area is 165 Å². The van der Waals surface area contributed by atoms with Gasteiger partial charge < -0.3 is 24.8 Å². The van der Waals surface area contributed by atoms with E-state index in [1.165, 1.54) is 4.90 Å². The van der Waals surface area contributed by atoms with E-state index in [2.05, 4.69) is 15.8 Å². The van der Waals surface area contributed by atoms with Gasteiger partial charge in [-0.1, -0.05) is 22.9 Å². The lowest BCUT2D eigenvalue weighted by Crippen LogP contribution is -2.41. The Hall–Kier alpha value is -2.87. The molecule has 3 amide bonds. The number of rotatable bonds is 9. The number of aryl methyl sites for hydroxylation is 3. The van der Waals surface area contributed by atoms with E-state index in [4.69, 9.17) is 9.26 Å². The van der Waals surface area contributed by atoms with Gasteiger partial charge in [0.25, 0.3) is 0 Å². The molecule has 0 saturated heterocycles. The van der Waals surface area contributed by atoms with Gasteiger partial charge in [-0.2, -0.15) is 0 Å². The third-order valence-corrected chi connectivity index (χ3v) is 4.06. The first-order valence-corrected chi connectivity index (χ1v) is 9.33. The molecule has 0 fully saturated rings. The van der Waals surface area contributed by atoms with Crippen molar-refractivity contribution in [1.82, 2.24) is 10.1 Å². The van der Waals surface area contributed by atoms with Crippen molar-refractivity contribution in [2.24, 2.45) is 0 Å². The van der Waals surface area contributed by atoms with Crippen molar-refractivity contribution in [3.8, 4) is 0 Å². The third kappa shape index (κ3) is 6.70. The summed E-state index contributed by atoms with van der Waals surface area (Å²) in [4.78, 5) is 26.6. The molecule has 8 heteroatoms. The molecule has 2 aromatic rings. The van der Waals surface area contributed by atoms with Gasteiger partial charge >= 0.3 is 6.03 Å². The molecule has 152 valence electrons. The number of ether oxygens (including phenoxy) is 1. The molecule has 1 aromatic heterocycles. The molecule has 0 spiro atoms. The molecule has 1 heterocycles. The van der Waals surface area contributed by atoms with E-state index in [-0.39, 0.29) is 18.5 Å². The average Bonchev–Trinajstić information content (AvgIpc) is 3.04. The molecule has 0 aliphatic carbocycles. The number of amides is 3. The molecule has 0 bridgehead atoms. The monoisotopic (exact) mass is 388 g/mol. The molecular weight excluding hydrogens is 360 g/mol. The van der Waals surface area contributed by atoms with Gasteiger partial charge in [-0.05, 0) is 45.7 Å². The highest BCUT2D eigenvalue weighted by molar-refractivity contribution is 5.96. The maximum atomic E-state index is 12.8. The van der Waals surface area contributed by atoms with Crippen molar-refractivity contribution in [3.63, 3.8) is 0 Å². The standard InChI is InChI=1S/C20H28N4O4/c1-5-27-10-6-9-24(13-19(25)22-18-12-16(4)28-23-18)20(26)21-17-8-7-14(2)11-15(17)3/h7-8,11-12H,5-6,9-10,13H2,1-4H3,(H,21,26)(H,22,23,25). The van der Waals surface area contributed by atoms with Crippen LogP contribution < -0.4 is 10.6 Å². The predicted octanol–water partition coefficient (Wildman–Crippen LogP) is 3.50. The van der Waals surface area contributed by atoms with E-state index in [0.717, 1.165) is 16.8 Å². The second kappa shape index (κ2) is 10.5. The molecular formula is C20H28N4O4. The van der Waals surface area contributed by atoms with Crippen LogP contribution in [-0.2, 0) is 9.53 Å². The number of nitrogens with zero attached hydrogens (tertiary/aromatic N) is 2. The van der Waals surface area contributed by atoms with Gasteiger partial charge in [0.05, 0.1) is 0 Å². The number of aromatic nitrogens is 1. The second-order valence-electron chi connectivity index (χ2n) is 6.59. The molecule has 0 unspecified atom stereocenters. The zero-order chi connectivity index (χ0) is 20.5. The van der Waals surface area contributed by atoms with Crippen LogP contribution in [0.15, 0.2) is 28.8 Å². The molecule has 0 aliphatic heterocycles. The minimum Gasteiger partial charge on any atom is -0.382 e. The van der Waals surface area contributed by atoms with Gasteiger partial charge in [0, 0.05) is 31.5 Å². The Balaban J connectivity index is 2.01. The van der Waals surface area contributed by atoms with Crippen molar-refractivity contribution in [2.45, 2.75) is 34.1 Å². The summed E-state index contributed by atoms with van der Waals surface area (Å²) in [6.45, 7) is 9.00. The summed E-state index contributed by atoms with van der Waals surface area (Å²) < 4.78 is 10.3. The van der Waals surface area contributed by atoms with Crippen molar-refractivity contribution in [3.05, 3.63) is 41.2 Å². The minimum atomic E-state index is -0.347. The molecule has 0 aliphatic rings. The number of urea groups is 1. The molecule has 0 atom stereocenters. The summed E-state index contributed by atoms with van der Waals surface area (Å²) in [5.41, 5.74) is 2.80. The fourth-order valence-corrected chi connectivity index (χ4v) is 2.68. The Bertz CT molecular complexity index is 803. The zero-order valence-corrected chi connectivity index (χ0v) is 16.9. The Morgan fingerprint density at radius 1 is 1.18 bits per heavy atom. The zero-order valence-electron chi connectivity index (χ0n) is 16.9. The van der Waals surface area contributed by atoms with Crippen LogP contribution in [0.1, 0.15) is 30.2 Å². The van der Waals surface area contributed by atoms with Crippen LogP contribution in [-0.4, -0.2) is 48.3 Å². The van der Waals surface area contributed by atoms with E-state index >= 15 is 0 Å². The average molecular weight is 388 g/mol. The van der Waals surface area contributed by atoms with Crippen molar-refractivity contribution < 1.29 is 18.8 Å². The fraction of sp³-hybridized carbons (Fsp3) is 0.450. The smallest absolute Gasteiger partial charge is 0.322 e. The van der Waals surface area contributed by atoms with Crippen LogP contribution in [0.4, 0.5) is 16.3 Å². The summed E-state index contributed by atoms with van der Waals surface area (Å²) in [6, 6.07) is 7.07. The third-order valence-electron chi connectivity index (χ3n) is 4.06. The maximum Gasteiger partial charge on any atom is 0.322 e. The van der Waals surface area contributed by atoms with E-state index in [1.54, 1.807) is 13.0 Å². The normalized spacial score (nSPS) is 10.6. The van der Waals surface area contributed by atoms with Crippen LogP contribution >= 0.6 is 0 Å². The predicted molar refractivity (Wildman–Crippen MR) is 107 cm³/mol. The largest absolute Gasteiger partial charge is 0.382 e. The maximum absolute atomic E-state index is 12.8. The summed E-state index contributed by atoms with van der Waals surface area (Å²) in [7, 11) is 0. The lowest BCUT2D eigenvalue weighted by molar-refractivity contribution is -0.116. The van der Waals surface area contributed by atoms with Crippen molar-refractivity contribution in [2.75, 3.05) is 36.9 Å². The van der Waals surface area contributed by atoms with Crippen molar-refractivity contribution in [1.29, 1.82) is 0 Å². The van der Waals surface area contributed by atoms with Crippen LogP contribution in [0.25, 0.3) is 0 Å². The topological polar surface area (TPSA) is 96.7 Å². The lowest BCUT2D eigenvalue weighted by atomic mass is 10.1. The van der Waals surface area contributed by atoms with Crippen LogP contribution in [0.2, 0.25) is 0 Å². The summed E-state index contributed by atoms with van der Waals surface area (Å²) in [6.07, 6.45) is 0.629. The molecule has 2 rings (SSSR count). The Morgan fingerprint density at radius 2 is 1.96 bits per heavy atom. The molecule has 0 radical (unpaired) electrons. The highest BCUT2D eigenvalue weighted by Crippen LogP contribution is 2.17. The number of carbonyl (C=O) groups excluding carboxylic acids is 2. The first-order chi connectivity index (χ1) is 13.4. The number of anilines is 2. The Kier molecular flexibility index (Phi) is 8.01. The quantitative estimate of drug-likeness (QED) is 0.641. The van der Waals surface area contributed by atoms with Gasteiger partial charge in [-0.15, -0.1) is 0 Å². The van der Waals surface area contributed by atoms with Gasteiger partial charge in [0.2, 0.25) is 5.91 Å². The number of hydrogen-bond donors (Lipinski definition) is 2. The van der Waals surface area contributed by atoms with Gasteiger partial charge in [-0.3, -0.25) is 4.79 Å². The number of benzene rings is 1. The van der Waals surface area contributed by atoms with Gasteiger partial charge in [-0.25, -0.2) is 4.79 Å². The van der Waals surface area contributed by atoms with Crippen LogP contribution in [0.3, 0.4) is 0 Å². The molecule has 28 heavy (non-hydrogen) atoms. The summed E-state index contributed by atoms with van der Waals surface area (Å²) >= 11 is 0. The van der Waals surface area contributed by atoms with E-state index in [0.29, 0.717) is 37.8 Å². The first kappa shape index (κ1) is 21.4. The number of hydrogen-bond acceptors (Lipinski definition) is 5. The first-order valence-electron chi connectivity index (χ1n) is 9.33. The lowest BCUT2D eigenvalue weighted by Gasteiger charge is -2.23. The highest BCUT2D eigenvalue weighted by atomic mass is 16.5. The van der Waals surface area contributed by atoms with Crippen LogP contribution in [0.5, 0.6) is 0 Å². The number of nitrogens with one attached hydrogen (secondary N) is 2. The highest BCUT2D eigenvalue weighted by Gasteiger charge is 2.18. The fourth-order valence-electron chi connectivity index (χ4n) is 2.68. The molecule has 8 nitrogen and oxygen atoms in total. The van der Waals surface area contributed by atoms with Gasteiger partial charge in [0.1, 0.15) is 12.3 Å². The van der Waals surface area contributed by atoms with E-state index < -0.39 is 0 Å². The van der Waals surface area contributed by atoms with E-state index in [1.807, 2.05) is 39.0 Å². The van der Waals surface area contributed by atoms with Crippen molar-refractivity contribution >= 4 is 23.4 Å². The van der Waals surface area contributed by atoms with Crippen LogP contribution in [0, 0.1) is 20.8 Å². The minimum absolute atomic E-state index is 0.102.